The SMILES string of the molecule is Cc1ccc([C@H](c2nnnn2Cc2ccc(F)cc2)N2CCC(C(N)=O)CC2)cc1. The van der Waals surface area contributed by atoms with Gasteiger partial charge in [0.25, 0.3) is 0 Å². The first-order valence-electron chi connectivity index (χ1n) is 10.1. The minimum absolute atomic E-state index is 0.0878. The first-order chi connectivity index (χ1) is 14.5. The highest BCUT2D eigenvalue weighted by atomic mass is 19.1. The number of piperidine rings is 1. The lowest BCUT2D eigenvalue weighted by Gasteiger charge is -2.36. The molecule has 1 atom stereocenters. The second-order valence-electron chi connectivity index (χ2n) is 7.85. The van der Waals surface area contributed by atoms with E-state index in [1.807, 2.05) is 0 Å². The molecule has 30 heavy (non-hydrogen) atoms. The summed E-state index contributed by atoms with van der Waals surface area (Å²) in [5, 5.41) is 12.5. The summed E-state index contributed by atoms with van der Waals surface area (Å²) in [6, 6.07) is 14.5. The van der Waals surface area contributed by atoms with Gasteiger partial charge in [0.05, 0.1) is 12.6 Å². The van der Waals surface area contributed by atoms with Crippen molar-refractivity contribution in [1.82, 2.24) is 25.1 Å². The monoisotopic (exact) mass is 408 g/mol. The van der Waals surface area contributed by atoms with E-state index in [9.17, 15) is 9.18 Å². The number of nitrogens with two attached hydrogens (primary N) is 1. The van der Waals surface area contributed by atoms with Gasteiger partial charge in [0.15, 0.2) is 5.82 Å². The molecule has 0 spiro atoms. The quantitative estimate of drug-likeness (QED) is 0.677. The molecule has 1 aromatic heterocycles. The van der Waals surface area contributed by atoms with Crippen LogP contribution in [0.25, 0.3) is 0 Å². The topological polar surface area (TPSA) is 89.9 Å². The number of carbonyl (C=O) groups excluding carboxylic acids is 1. The number of halogens is 1. The van der Waals surface area contributed by atoms with E-state index in [4.69, 9.17) is 5.73 Å². The van der Waals surface area contributed by atoms with Crippen molar-refractivity contribution < 1.29 is 9.18 Å². The Labute approximate surface area is 174 Å². The Hall–Kier alpha value is -3.13. The van der Waals surface area contributed by atoms with Gasteiger partial charge in [-0.3, -0.25) is 9.69 Å². The maximum absolute atomic E-state index is 13.3. The molecule has 0 saturated carbocycles. The molecule has 2 aromatic carbocycles. The summed E-state index contributed by atoms with van der Waals surface area (Å²) < 4.78 is 15.0. The summed E-state index contributed by atoms with van der Waals surface area (Å²) >= 11 is 0. The van der Waals surface area contributed by atoms with Crippen LogP contribution in [0.4, 0.5) is 4.39 Å². The number of amides is 1. The van der Waals surface area contributed by atoms with Crippen molar-refractivity contribution >= 4 is 5.91 Å². The largest absolute Gasteiger partial charge is 0.369 e. The minimum Gasteiger partial charge on any atom is -0.369 e. The number of tetrazole rings is 1. The molecule has 1 amide bonds. The number of aromatic nitrogens is 4. The third kappa shape index (κ3) is 4.38. The Balaban J connectivity index is 1.65. The highest BCUT2D eigenvalue weighted by Gasteiger charge is 2.32. The van der Waals surface area contributed by atoms with Gasteiger partial charge >= 0.3 is 0 Å². The van der Waals surface area contributed by atoms with Crippen molar-refractivity contribution in [2.75, 3.05) is 13.1 Å². The zero-order valence-corrected chi connectivity index (χ0v) is 16.9. The Kier molecular flexibility index (Phi) is 5.85. The van der Waals surface area contributed by atoms with Crippen molar-refractivity contribution in [2.45, 2.75) is 32.4 Å². The maximum Gasteiger partial charge on any atom is 0.220 e. The van der Waals surface area contributed by atoms with Crippen LogP contribution in [0.2, 0.25) is 0 Å². The van der Waals surface area contributed by atoms with E-state index in [1.54, 1.807) is 16.8 Å². The predicted molar refractivity (Wildman–Crippen MR) is 110 cm³/mol. The van der Waals surface area contributed by atoms with E-state index in [0.29, 0.717) is 6.54 Å². The molecule has 1 saturated heterocycles. The van der Waals surface area contributed by atoms with E-state index < -0.39 is 0 Å². The Bertz CT molecular complexity index is 993. The highest BCUT2D eigenvalue weighted by Crippen LogP contribution is 2.31. The summed E-state index contributed by atoms with van der Waals surface area (Å²) in [6.45, 7) is 3.96. The number of likely N-dealkylation sites (tertiary alicyclic amines) is 1. The number of benzene rings is 2. The van der Waals surface area contributed by atoms with E-state index in [2.05, 4.69) is 51.6 Å². The molecule has 1 aliphatic heterocycles. The zero-order chi connectivity index (χ0) is 21.1. The van der Waals surface area contributed by atoms with Gasteiger partial charge in [-0.25, -0.2) is 9.07 Å². The van der Waals surface area contributed by atoms with Gasteiger partial charge in [-0.1, -0.05) is 42.0 Å². The molecule has 0 bridgehead atoms. The average molecular weight is 408 g/mol. The van der Waals surface area contributed by atoms with Gasteiger partial charge in [0.1, 0.15) is 5.82 Å². The molecular weight excluding hydrogens is 383 g/mol. The van der Waals surface area contributed by atoms with Crippen molar-refractivity contribution in [3.63, 3.8) is 0 Å². The summed E-state index contributed by atoms with van der Waals surface area (Å²) in [4.78, 5) is 13.9. The molecule has 2 N–H and O–H groups in total. The third-order valence-corrected chi connectivity index (χ3v) is 5.74. The second kappa shape index (κ2) is 8.71. The van der Waals surface area contributed by atoms with Crippen LogP contribution < -0.4 is 5.73 Å². The summed E-state index contributed by atoms with van der Waals surface area (Å²) in [5.41, 5.74) is 8.70. The standard InChI is InChI=1S/C22H25FN6O/c1-15-2-6-17(7-3-15)20(28-12-10-18(11-13-28)21(24)30)22-25-26-27-29(22)14-16-4-8-19(23)9-5-16/h2-9,18,20H,10-14H2,1H3,(H2,24,30)/t20-/m1/s1. The lowest BCUT2D eigenvalue weighted by molar-refractivity contribution is -0.123. The molecule has 0 radical (unpaired) electrons. The Morgan fingerprint density at radius 1 is 1.13 bits per heavy atom. The highest BCUT2D eigenvalue weighted by molar-refractivity contribution is 5.76. The van der Waals surface area contributed by atoms with E-state index in [-0.39, 0.29) is 23.7 Å². The molecule has 7 nitrogen and oxygen atoms in total. The molecule has 4 rings (SSSR count). The fourth-order valence-corrected chi connectivity index (χ4v) is 4.00. The lowest BCUT2D eigenvalue weighted by Crippen LogP contribution is -2.41. The van der Waals surface area contributed by atoms with Crippen molar-refractivity contribution in [3.05, 3.63) is 76.9 Å². The van der Waals surface area contributed by atoms with Crippen LogP contribution in [0, 0.1) is 18.7 Å². The molecule has 2 heterocycles. The van der Waals surface area contributed by atoms with E-state index in [0.717, 1.165) is 42.9 Å². The first kappa shape index (κ1) is 20.2. The van der Waals surface area contributed by atoms with Crippen LogP contribution >= 0.6 is 0 Å². The van der Waals surface area contributed by atoms with E-state index >= 15 is 0 Å². The maximum atomic E-state index is 13.3. The van der Waals surface area contributed by atoms with Crippen molar-refractivity contribution in [3.8, 4) is 0 Å². The number of nitrogens with zero attached hydrogens (tertiary/aromatic N) is 5. The van der Waals surface area contributed by atoms with Gasteiger partial charge in [-0.05, 0) is 66.5 Å². The molecule has 156 valence electrons. The van der Waals surface area contributed by atoms with Crippen LogP contribution in [0.5, 0.6) is 0 Å². The summed E-state index contributed by atoms with van der Waals surface area (Å²) in [6.07, 6.45) is 1.44. The van der Waals surface area contributed by atoms with Crippen molar-refractivity contribution in [2.24, 2.45) is 11.7 Å². The van der Waals surface area contributed by atoms with Crippen LogP contribution in [-0.2, 0) is 11.3 Å². The van der Waals surface area contributed by atoms with Gasteiger partial charge in [-0.2, -0.15) is 0 Å². The van der Waals surface area contributed by atoms with Gasteiger partial charge in [0, 0.05) is 5.92 Å². The average Bonchev–Trinajstić information content (AvgIpc) is 3.19. The van der Waals surface area contributed by atoms with Crippen LogP contribution in [0.1, 0.15) is 41.4 Å². The number of hydrogen-bond donors (Lipinski definition) is 1. The molecule has 8 heteroatoms. The Morgan fingerprint density at radius 3 is 2.43 bits per heavy atom. The smallest absolute Gasteiger partial charge is 0.220 e. The molecule has 0 aliphatic carbocycles. The van der Waals surface area contributed by atoms with Crippen LogP contribution in [0.3, 0.4) is 0 Å². The molecule has 1 fully saturated rings. The van der Waals surface area contributed by atoms with Crippen LogP contribution in [0.15, 0.2) is 48.5 Å². The van der Waals surface area contributed by atoms with Gasteiger partial charge in [-0.15, -0.1) is 5.10 Å². The zero-order valence-electron chi connectivity index (χ0n) is 16.9. The molecule has 0 unspecified atom stereocenters. The summed E-state index contributed by atoms with van der Waals surface area (Å²) in [7, 11) is 0. The minimum atomic E-state index is -0.273. The van der Waals surface area contributed by atoms with Crippen LogP contribution in [-0.4, -0.2) is 44.1 Å². The predicted octanol–water partition coefficient (Wildman–Crippen LogP) is 2.46. The molecular formula is C22H25FN6O. The summed E-state index contributed by atoms with van der Waals surface area (Å²) in [5.74, 6) is 0.129. The van der Waals surface area contributed by atoms with E-state index in [1.165, 1.54) is 17.7 Å². The number of rotatable bonds is 6. The van der Waals surface area contributed by atoms with Gasteiger partial charge in [0.2, 0.25) is 5.91 Å². The fourth-order valence-electron chi connectivity index (χ4n) is 4.00. The second-order valence-corrected chi connectivity index (χ2v) is 7.85. The normalized spacial score (nSPS) is 16.5. The van der Waals surface area contributed by atoms with Crippen molar-refractivity contribution in [1.29, 1.82) is 0 Å². The first-order valence-corrected chi connectivity index (χ1v) is 10.1. The number of hydrogen-bond acceptors (Lipinski definition) is 5. The lowest BCUT2D eigenvalue weighted by atomic mass is 9.93. The van der Waals surface area contributed by atoms with Gasteiger partial charge < -0.3 is 5.73 Å². The number of primary amides is 1. The number of aryl methyl sites for hydroxylation is 1. The Morgan fingerprint density at radius 2 is 1.80 bits per heavy atom. The molecule has 1 aliphatic rings. The fraction of sp³-hybridized carbons (Fsp3) is 0.364. The molecule has 3 aromatic rings. The third-order valence-electron chi connectivity index (χ3n) is 5.74. The number of carbonyl (C=O) groups is 1.